The van der Waals surface area contributed by atoms with Crippen LogP contribution in [0.2, 0.25) is 0 Å². The van der Waals surface area contributed by atoms with Crippen LogP contribution >= 0.6 is 0 Å². The molecule has 17 heavy (non-hydrogen) atoms. The molecule has 0 aliphatic carbocycles. The van der Waals surface area contributed by atoms with Gasteiger partial charge in [-0.15, -0.1) is 0 Å². The molecule has 1 amide bonds. The van der Waals surface area contributed by atoms with Gasteiger partial charge in [0.2, 0.25) is 5.91 Å². The molecule has 1 aromatic rings. The van der Waals surface area contributed by atoms with Crippen LogP contribution < -0.4 is 11.1 Å². The highest BCUT2D eigenvalue weighted by Crippen LogP contribution is 2.20. The van der Waals surface area contributed by atoms with Gasteiger partial charge < -0.3 is 10.5 Å². The van der Waals surface area contributed by atoms with Crippen LogP contribution in [0.4, 0.5) is 0 Å². The Balaban J connectivity index is 2.90. The second-order valence-electron chi connectivity index (χ2n) is 4.07. The number of nitrogens with one attached hydrogen (secondary N) is 1. The smallest absolute Gasteiger partial charge is 0.239 e. The molecular weight excluding hydrogens is 216 g/mol. The summed E-state index contributed by atoms with van der Waals surface area (Å²) in [5.41, 5.74) is 8.62. The van der Waals surface area contributed by atoms with Gasteiger partial charge in [-0.25, -0.2) is 0 Å². The molecule has 0 fully saturated rings. The number of carbonyl (C=O) groups is 1. The topological polar surface area (TPSA) is 64.3 Å². The van der Waals surface area contributed by atoms with Gasteiger partial charge in [-0.05, 0) is 30.5 Å². The van der Waals surface area contributed by atoms with Crippen molar-refractivity contribution < 1.29 is 9.53 Å². The number of methoxy groups -OCH3 is 1. The molecule has 3 N–H and O–H groups in total. The predicted molar refractivity (Wildman–Crippen MR) is 67.7 cm³/mol. The number of carbonyl (C=O) groups excluding carboxylic acids is 1. The van der Waals surface area contributed by atoms with E-state index in [-0.39, 0.29) is 5.91 Å². The molecule has 4 heteroatoms. The molecule has 0 bridgehead atoms. The van der Waals surface area contributed by atoms with Crippen molar-refractivity contribution in [1.82, 2.24) is 5.32 Å². The summed E-state index contributed by atoms with van der Waals surface area (Å²) in [5.74, 6) is -0.366. The summed E-state index contributed by atoms with van der Waals surface area (Å²) in [6.07, 6.45) is 0. The van der Waals surface area contributed by atoms with Crippen LogP contribution in [0, 0.1) is 13.8 Å². The van der Waals surface area contributed by atoms with Gasteiger partial charge in [0.05, 0.1) is 6.61 Å². The third-order valence-corrected chi connectivity index (χ3v) is 2.90. The lowest BCUT2D eigenvalue weighted by Crippen LogP contribution is -2.35. The van der Waals surface area contributed by atoms with Crippen molar-refractivity contribution in [1.29, 1.82) is 0 Å². The molecule has 1 unspecified atom stereocenters. The van der Waals surface area contributed by atoms with Crippen LogP contribution in [0.5, 0.6) is 0 Å². The van der Waals surface area contributed by atoms with Gasteiger partial charge in [0, 0.05) is 13.7 Å². The van der Waals surface area contributed by atoms with Crippen LogP contribution in [-0.4, -0.2) is 26.2 Å². The second-order valence-corrected chi connectivity index (χ2v) is 4.07. The van der Waals surface area contributed by atoms with Gasteiger partial charge in [0.15, 0.2) is 0 Å². The monoisotopic (exact) mass is 236 g/mol. The van der Waals surface area contributed by atoms with E-state index in [1.807, 2.05) is 32.0 Å². The van der Waals surface area contributed by atoms with E-state index >= 15 is 0 Å². The normalized spacial score (nSPS) is 12.4. The Kier molecular flexibility index (Phi) is 5.12. The number of rotatable bonds is 6. The highest BCUT2D eigenvalue weighted by atomic mass is 16.5. The van der Waals surface area contributed by atoms with Crippen molar-refractivity contribution in [2.75, 3.05) is 20.3 Å². The standard InChI is InChI=1S/C13H20N2O2/c1-9-5-4-6-11(10(9)2)12(13(14)16)15-7-8-17-3/h4-6,12,15H,7-8H2,1-3H3,(H2,14,16). The predicted octanol–water partition coefficient (Wildman–Crippen LogP) is 1.07. The van der Waals surface area contributed by atoms with E-state index in [9.17, 15) is 4.79 Å². The summed E-state index contributed by atoms with van der Waals surface area (Å²) in [6, 6.07) is 5.43. The maximum absolute atomic E-state index is 11.5. The summed E-state index contributed by atoms with van der Waals surface area (Å²) < 4.78 is 4.95. The van der Waals surface area contributed by atoms with Gasteiger partial charge >= 0.3 is 0 Å². The fraction of sp³-hybridized carbons (Fsp3) is 0.462. The van der Waals surface area contributed by atoms with Crippen molar-refractivity contribution in [2.45, 2.75) is 19.9 Å². The number of amides is 1. The first-order valence-corrected chi connectivity index (χ1v) is 5.65. The van der Waals surface area contributed by atoms with E-state index in [0.29, 0.717) is 13.2 Å². The van der Waals surface area contributed by atoms with Crippen molar-refractivity contribution >= 4 is 5.91 Å². The number of aryl methyl sites for hydroxylation is 1. The van der Waals surface area contributed by atoms with E-state index in [1.54, 1.807) is 7.11 Å². The van der Waals surface area contributed by atoms with E-state index in [0.717, 1.165) is 16.7 Å². The third kappa shape index (κ3) is 3.54. The quantitative estimate of drug-likeness (QED) is 0.726. The summed E-state index contributed by atoms with van der Waals surface area (Å²) in [7, 11) is 1.62. The van der Waals surface area contributed by atoms with Crippen LogP contribution in [0.25, 0.3) is 0 Å². The zero-order valence-electron chi connectivity index (χ0n) is 10.6. The molecule has 1 aromatic carbocycles. The molecule has 94 valence electrons. The lowest BCUT2D eigenvalue weighted by Gasteiger charge is -2.18. The van der Waals surface area contributed by atoms with Gasteiger partial charge in [0.25, 0.3) is 0 Å². The highest BCUT2D eigenvalue weighted by molar-refractivity contribution is 5.82. The first-order valence-electron chi connectivity index (χ1n) is 5.65. The third-order valence-electron chi connectivity index (χ3n) is 2.90. The fourth-order valence-electron chi connectivity index (χ4n) is 1.76. The molecule has 0 spiro atoms. The maximum atomic E-state index is 11.5. The minimum absolute atomic E-state index is 0.366. The number of hydrogen-bond acceptors (Lipinski definition) is 3. The van der Waals surface area contributed by atoms with Gasteiger partial charge in [0.1, 0.15) is 6.04 Å². The SMILES string of the molecule is COCCNC(C(N)=O)c1cccc(C)c1C. The maximum Gasteiger partial charge on any atom is 0.239 e. The zero-order chi connectivity index (χ0) is 12.8. The van der Waals surface area contributed by atoms with Crippen molar-refractivity contribution in [3.05, 3.63) is 34.9 Å². The van der Waals surface area contributed by atoms with E-state index in [1.165, 1.54) is 0 Å². The number of hydrogen-bond donors (Lipinski definition) is 2. The fourth-order valence-corrected chi connectivity index (χ4v) is 1.76. The molecule has 0 radical (unpaired) electrons. The molecule has 0 heterocycles. The number of benzene rings is 1. The molecule has 0 saturated heterocycles. The Morgan fingerprint density at radius 2 is 2.18 bits per heavy atom. The van der Waals surface area contributed by atoms with Gasteiger partial charge in [-0.2, -0.15) is 0 Å². The van der Waals surface area contributed by atoms with Crippen molar-refractivity contribution in [2.24, 2.45) is 5.73 Å². The van der Waals surface area contributed by atoms with Crippen LogP contribution in [0.1, 0.15) is 22.7 Å². The first-order chi connectivity index (χ1) is 8.07. The molecular formula is C13H20N2O2. The van der Waals surface area contributed by atoms with Crippen molar-refractivity contribution in [3.8, 4) is 0 Å². The van der Waals surface area contributed by atoms with Gasteiger partial charge in [-0.3, -0.25) is 10.1 Å². The van der Waals surface area contributed by atoms with E-state index < -0.39 is 6.04 Å². The second kappa shape index (κ2) is 6.37. The highest BCUT2D eigenvalue weighted by Gasteiger charge is 2.19. The zero-order valence-corrected chi connectivity index (χ0v) is 10.6. The van der Waals surface area contributed by atoms with Crippen LogP contribution in [-0.2, 0) is 9.53 Å². The minimum Gasteiger partial charge on any atom is -0.383 e. The summed E-state index contributed by atoms with van der Waals surface area (Å²) in [5, 5.41) is 3.10. The largest absolute Gasteiger partial charge is 0.383 e. The number of ether oxygens (including phenoxy) is 1. The Bertz CT molecular complexity index is 391. The summed E-state index contributed by atoms with van der Waals surface area (Å²) >= 11 is 0. The number of primary amides is 1. The Hall–Kier alpha value is -1.39. The van der Waals surface area contributed by atoms with E-state index in [4.69, 9.17) is 10.5 Å². The van der Waals surface area contributed by atoms with E-state index in [2.05, 4.69) is 5.32 Å². The summed E-state index contributed by atoms with van der Waals surface area (Å²) in [6.45, 7) is 5.16. The molecule has 0 aromatic heterocycles. The van der Waals surface area contributed by atoms with Crippen molar-refractivity contribution in [3.63, 3.8) is 0 Å². The molecule has 0 aliphatic heterocycles. The Morgan fingerprint density at radius 1 is 1.47 bits per heavy atom. The van der Waals surface area contributed by atoms with Crippen LogP contribution in [0.3, 0.4) is 0 Å². The lowest BCUT2D eigenvalue weighted by molar-refractivity contribution is -0.120. The average molecular weight is 236 g/mol. The lowest BCUT2D eigenvalue weighted by atomic mass is 9.97. The molecule has 4 nitrogen and oxygen atoms in total. The Morgan fingerprint density at radius 3 is 2.76 bits per heavy atom. The number of nitrogens with two attached hydrogens (primary N) is 1. The Labute approximate surface area is 102 Å². The molecule has 0 aliphatic rings. The van der Waals surface area contributed by atoms with Crippen LogP contribution in [0.15, 0.2) is 18.2 Å². The first kappa shape index (κ1) is 13.7. The minimum atomic E-state index is -0.454. The molecule has 1 atom stereocenters. The molecule has 0 saturated carbocycles. The molecule has 1 rings (SSSR count). The summed E-state index contributed by atoms with van der Waals surface area (Å²) in [4.78, 5) is 11.5. The average Bonchev–Trinajstić information content (AvgIpc) is 2.29. The van der Waals surface area contributed by atoms with Gasteiger partial charge in [-0.1, -0.05) is 18.2 Å².